The molecule has 0 bridgehead atoms. The second-order valence-corrected chi connectivity index (χ2v) is 4.77. The molecule has 1 aliphatic heterocycles. The lowest BCUT2D eigenvalue weighted by Gasteiger charge is -2.20. The first-order valence-electron chi connectivity index (χ1n) is 5.74. The first-order chi connectivity index (χ1) is 8.20. The molecular weight excluding hydrogens is 236 g/mol. The topological polar surface area (TPSA) is 45.0 Å². The second-order valence-electron chi connectivity index (χ2n) is 4.36. The van der Waals surface area contributed by atoms with Crippen LogP contribution in [-0.2, 0) is 4.74 Å². The molecule has 0 amide bonds. The lowest BCUT2D eigenvalue weighted by molar-refractivity contribution is 0.183. The molecule has 1 heterocycles. The van der Waals surface area contributed by atoms with E-state index in [0.717, 1.165) is 25.3 Å². The van der Waals surface area contributed by atoms with Crippen LogP contribution in [0.1, 0.15) is 18.9 Å². The van der Waals surface area contributed by atoms with Crippen LogP contribution in [-0.4, -0.2) is 19.3 Å². The third kappa shape index (κ3) is 2.91. The molecule has 17 heavy (non-hydrogen) atoms. The van der Waals surface area contributed by atoms with Crippen LogP contribution in [0.15, 0.2) is 18.2 Å². The summed E-state index contributed by atoms with van der Waals surface area (Å²) >= 11 is 5.89. The molecule has 2 rings (SSSR count). The van der Waals surface area contributed by atoms with Crippen molar-refractivity contribution in [1.29, 1.82) is 5.26 Å². The van der Waals surface area contributed by atoms with E-state index >= 15 is 0 Å². The highest BCUT2D eigenvalue weighted by Gasteiger charge is 2.22. The summed E-state index contributed by atoms with van der Waals surface area (Å²) in [4.78, 5) is 0. The summed E-state index contributed by atoms with van der Waals surface area (Å²) in [6.45, 7) is 3.80. The predicted octanol–water partition coefficient (Wildman–Crippen LogP) is 3.05. The Kier molecular flexibility index (Phi) is 3.88. The fourth-order valence-corrected chi connectivity index (χ4v) is 2.19. The molecule has 4 heteroatoms. The zero-order valence-electron chi connectivity index (χ0n) is 9.74. The Labute approximate surface area is 106 Å². The van der Waals surface area contributed by atoms with Crippen LogP contribution >= 0.6 is 11.6 Å². The van der Waals surface area contributed by atoms with Crippen LogP contribution in [0.2, 0.25) is 5.02 Å². The summed E-state index contributed by atoms with van der Waals surface area (Å²) in [5.41, 5.74) is 1.44. The Morgan fingerprint density at radius 3 is 3.06 bits per heavy atom. The quantitative estimate of drug-likeness (QED) is 0.897. The lowest BCUT2D eigenvalue weighted by Crippen LogP contribution is -2.26. The number of nitrogens with one attached hydrogen (secondary N) is 1. The fraction of sp³-hybridized carbons (Fsp3) is 0.462. The first-order valence-corrected chi connectivity index (χ1v) is 6.12. The van der Waals surface area contributed by atoms with Crippen molar-refractivity contribution < 1.29 is 4.74 Å². The van der Waals surface area contributed by atoms with Crippen molar-refractivity contribution in [1.82, 2.24) is 0 Å². The highest BCUT2D eigenvalue weighted by molar-refractivity contribution is 6.31. The third-order valence-corrected chi connectivity index (χ3v) is 3.48. The van der Waals surface area contributed by atoms with Crippen LogP contribution in [0.25, 0.3) is 0 Å². The average molecular weight is 251 g/mol. The Morgan fingerprint density at radius 1 is 1.59 bits per heavy atom. The molecule has 1 saturated heterocycles. The fourth-order valence-electron chi connectivity index (χ4n) is 2.03. The van der Waals surface area contributed by atoms with Crippen LogP contribution in [0.5, 0.6) is 0 Å². The summed E-state index contributed by atoms with van der Waals surface area (Å²) in [5.74, 6) is 0.538. The number of nitriles is 1. The van der Waals surface area contributed by atoms with Crippen molar-refractivity contribution in [2.75, 3.05) is 18.5 Å². The van der Waals surface area contributed by atoms with Gasteiger partial charge in [0.1, 0.15) is 6.07 Å². The normalized spacial score (nSPS) is 20.9. The van der Waals surface area contributed by atoms with E-state index in [1.54, 1.807) is 12.1 Å². The molecule has 2 unspecified atom stereocenters. The van der Waals surface area contributed by atoms with Crippen molar-refractivity contribution in [2.45, 2.75) is 19.4 Å². The molecule has 2 atom stereocenters. The Balaban J connectivity index is 2.05. The Bertz CT molecular complexity index is 436. The zero-order chi connectivity index (χ0) is 12.3. The summed E-state index contributed by atoms with van der Waals surface area (Å²) in [6.07, 6.45) is 1.09. The first kappa shape index (κ1) is 12.2. The molecule has 0 aromatic heterocycles. The van der Waals surface area contributed by atoms with Gasteiger partial charge in [-0.2, -0.15) is 5.26 Å². The van der Waals surface area contributed by atoms with Gasteiger partial charge in [0.25, 0.3) is 0 Å². The van der Waals surface area contributed by atoms with Gasteiger partial charge in [-0.15, -0.1) is 0 Å². The maximum atomic E-state index is 8.91. The molecule has 1 aromatic rings. The summed E-state index contributed by atoms with van der Waals surface area (Å²) in [6, 6.07) is 7.85. The number of hydrogen-bond donors (Lipinski definition) is 1. The van der Waals surface area contributed by atoms with E-state index in [1.807, 2.05) is 6.07 Å². The van der Waals surface area contributed by atoms with Crippen LogP contribution in [0, 0.1) is 17.2 Å². The largest absolute Gasteiger partial charge is 0.382 e. The molecule has 90 valence electrons. The number of halogens is 1. The minimum atomic E-state index is 0.338. The molecule has 1 aliphatic rings. The molecule has 0 radical (unpaired) electrons. The highest BCUT2D eigenvalue weighted by Crippen LogP contribution is 2.23. The van der Waals surface area contributed by atoms with E-state index in [0.29, 0.717) is 22.5 Å². The van der Waals surface area contributed by atoms with Crippen LogP contribution < -0.4 is 5.32 Å². The zero-order valence-corrected chi connectivity index (χ0v) is 10.5. The third-order valence-electron chi connectivity index (χ3n) is 3.15. The molecule has 1 N–H and O–H groups in total. The van der Waals surface area contributed by atoms with Crippen LogP contribution in [0.3, 0.4) is 0 Å². The molecule has 1 fully saturated rings. The van der Waals surface area contributed by atoms with Crippen LogP contribution in [0.4, 0.5) is 5.69 Å². The van der Waals surface area contributed by atoms with Crippen molar-refractivity contribution in [2.24, 2.45) is 5.92 Å². The van der Waals surface area contributed by atoms with E-state index in [4.69, 9.17) is 21.6 Å². The molecule has 1 aromatic carbocycles. The van der Waals surface area contributed by atoms with Gasteiger partial charge in [0.05, 0.1) is 17.2 Å². The van der Waals surface area contributed by atoms with Gasteiger partial charge < -0.3 is 10.1 Å². The number of hydrogen-bond acceptors (Lipinski definition) is 3. The lowest BCUT2D eigenvalue weighted by atomic mass is 10.0. The minimum Gasteiger partial charge on any atom is -0.382 e. The van der Waals surface area contributed by atoms with Gasteiger partial charge in [-0.05, 0) is 31.5 Å². The maximum absolute atomic E-state index is 8.91. The number of ether oxygens (including phenoxy) is 1. The molecular formula is C13H15ClN2O. The SMILES string of the molecule is CC(Nc1ccc(Cl)c(C#N)c1)C1CCOC1. The predicted molar refractivity (Wildman–Crippen MR) is 68.2 cm³/mol. The van der Waals surface area contributed by atoms with Gasteiger partial charge in [0.15, 0.2) is 0 Å². The van der Waals surface area contributed by atoms with E-state index < -0.39 is 0 Å². The number of benzene rings is 1. The highest BCUT2D eigenvalue weighted by atomic mass is 35.5. The maximum Gasteiger partial charge on any atom is 0.101 e. The van der Waals surface area contributed by atoms with E-state index in [1.165, 1.54) is 0 Å². The van der Waals surface area contributed by atoms with Gasteiger partial charge in [0.2, 0.25) is 0 Å². The number of anilines is 1. The molecule has 3 nitrogen and oxygen atoms in total. The van der Waals surface area contributed by atoms with E-state index in [9.17, 15) is 0 Å². The number of rotatable bonds is 3. The van der Waals surface area contributed by atoms with Crippen molar-refractivity contribution in [3.05, 3.63) is 28.8 Å². The average Bonchev–Trinajstić information content (AvgIpc) is 2.85. The van der Waals surface area contributed by atoms with Gasteiger partial charge in [-0.3, -0.25) is 0 Å². The summed E-state index contributed by atoms with van der Waals surface area (Å²) in [7, 11) is 0. The van der Waals surface area contributed by atoms with Gasteiger partial charge in [-0.25, -0.2) is 0 Å². The number of nitrogens with zero attached hydrogens (tertiary/aromatic N) is 1. The smallest absolute Gasteiger partial charge is 0.101 e. The monoisotopic (exact) mass is 250 g/mol. The van der Waals surface area contributed by atoms with Gasteiger partial charge in [0, 0.05) is 24.3 Å². The van der Waals surface area contributed by atoms with E-state index in [2.05, 4.69) is 18.3 Å². The summed E-state index contributed by atoms with van der Waals surface area (Å²) < 4.78 is 5.37. The van der Waals surface area contributed by atoms with Crippen molar-refractivity contribution in [3.63, 3.8) is 0 Å². The second kappa shape index (κ2) is 5.39. The molecule has 0 saturated carbocycles. The van der Waals surface area contributed by atoms with E-state index in [-0.39, 0.29) is 0 Å². The van der Waals surface area contributed by atoms with Gasteiger partial charge >= 0.3 is 0 Å². The minimum absolute atomic E-state index is 0.338. The standard InChI is InChI=1S/C13H15ClN2O/c1-9(10-4-5-17-8-10)16-12-2-3-13(14)11(6-12)7-15/h2-3,6,9-10,16H,4-5,8H2,1H3. The summed E-state index contributed by atoms with van der Waals surface area (Å²) in [5, 5.41) is 12.8. The van der Waals surface area contributed by atoms with Gasteiger partial charge in [-0.1, -0.05) is 11.6 Å². The van der Waals surface area contributed by atoms with Crippen molar-refractivity contribution in [3.8, 4) is 6.07 Å². The molecule has 0 aliphatic carbocycles. The van der Waals surface area contributed by atoms with Crippen molar-refractivity contribution >= 4 is 17.3 Å². The molecule has 0 spiro atoms. The Morgan fingerprint density at radius 2 is 2.41 bits per heavy atom. The Hall–Kier alpha value is -1.24.